The summed E-state index contributed by atoms with van der Waals surface area (Å²) in [6.45, 7) is 15.5. The standard InChI is InChI=1S/C36H58O8/c1-30(2)12-15-35(29(41)42)16-14-33(6)20(21(35)18-30)8-9-24-32(5)13-17-36(43,31(3,4)23(32)10-11-34(24,33)7)28-27(40)26(39)25(38)22(19-37)44-28/h8,21-28,37-40,43H,9-19H2,1-7H3,(H,41,42)/t21-,22+,23-,24+,25+,26-,27+,28?,32-,33+,34+,35-,36+/m0/s1. The molecule has 1 aliphatic heterocycles. The molecule has 0 aromatic heterocycles. The molecule has 1 unspecified atom stereocenters. The summed E-state index contributed by atoms with van der Waals surface area (Å²) < 4.78 is 6.01. The first kappa shape index (κ1) is 32.9. The minimum absolute atomic E-state index is 0.0245. The van der Waals surface area contributed by atoms with E-state index in [1.165, 1.54) is 5.57 Å². The van der Waals surface area contributed by atoms with Crippen molar-refractivity contribution < 1.29 is 40.2 Å². The predicted octanol–water partition coefficient (Wildman–Crippen LogP) is 4.45. The number of aliphatic hydroxyl groups is 5. The third-order valence-corrected chi connectivity index (χ3v) is 15.7. The van der Waals surface area contributed by atoms with Crippen molar-refractivity contribution in [1.29, 1.82) is 0 Å². The van der Waals surface area contributed by atoms with Gasteiger partial charge in [0.1, 0.15) is 30.5 Å². The van der Waals surface area contributed by atoms with Gasteiger partial charge in [0.05, 0.1) is 17.6 Å². The molecule has 0 amide bonds. The minimum atomic E-state index is -1.52. The summed E-state index contributed by atoms with van der Waals surface area (Å²) >= 11 is 0. The van der Waals surface area contributed by atoms with Crippen LogP contribution in [0, 0.1) is 50.2 Å². The second kappa shape index (κ2) is 9.99. The van der Waals surface area contributed by atoms with Gasteiger partial charge in [0.15, 0.2) is 0 Å². The lowest BCUT2D eigenvalue weighted by molar-refractivity contribution is -0.319. The second-order valence-electron chi connectivity index (χ2n) is 18.1. The van der Waals surface area contributed by atoms with Gasteiger partial charge in [-0.3, -0.25) is 4.79 Å². The van der Waals surface area contributed by atoms with Crippen LogP contribution in [-0.2, 0) is 9.53 Å². The lowest BCUT2D eigenvalue weighted by Gasteiger charge is -2.72. The first-order valence-corrected chi connectivity index (χ1v) is 17.2. The molecule has 0 aromatic rings. The molecule has 6 rings (SSSR count). The number of fused-ring (bicyclic) bond motifs is 7. The summed E-state index contributed by atoms with van der Waals surface area (Å²) in [5, 5.41) is 65.1. The molecule has 0 spiro atoms. The van der Waals surface area contributed by atoms with Gasteiger partial charge < -0.3 is 35.4 Å². The molecule has 6 N–H and O–H groups in total. The maximum absolute atomic E-state index is 12.9. The van der Waals surface area contributed by atoms with E-state index in [0.29, 0.717) is 12.3 Å². The highest BCUT2D eigenvalue weighted by atomic mass is 16.6. The number of aliphatic carboxylic acids is 1. The van der Waals surface area contributed by atoms with E-state index < -0.39 is 59.5 Å². The highest BCUT2D eigenvalue weighted by Gasteiger charge is 2.72. The summed E-state index contributed by atoms with van der Waals surface area (Å²) in [6.07, 6.45) is 3.86. The van der Waals surface area contributed by atoms with Crippen LogP contribution >= 0.6 is 0 Å². The van der Waals surface area contributed by atoms with E-state index in [4.69, 9.17) is 4.74 Å². The van der Waals surface area contributed by atoms with Gasteiger partial charge in [-0.2, -0.15) is 0 Å². The van der Waals surface area contributed by atoms with Gasteiger partial charge in [-0.1, -0.05) is 60.1 Å². The number of ether oxygens (including phenoxy) is 1. The molecule has 44 heavy (non-hydrogen) atoms. The average Bonchev–Trinajstić information content (AvgIpc) is 2.94. The monoisotopic (exact) mass is 618 g/mol. The number of carboxylic acids is 1. The molecule has 250 valence electrons. The molecular formula is C36H58O8. The minimum Gasteiger partial charge on any atom is -0.481 e. The van der Waals surface area contributed by atoms with Crippen molar-refractivity contribution in [1.82, 2.24) is 0 Å². The van der Waals surface area contributed by atoms with Gasteiger partial charge in [-0.05, 0) is 109 Å². The van der Waals surface area contributed by atoms with Crippen LogP contribution in [0.2, 0.25) is 0 Å². The topological polar surface area (TPSA) is 148 Å². The smallest absolute Gasteiger partial charge is 0.310 e. The highest BCUT2D eigenvalue weighted by molar-refractivity contribution is 5.76. The van der Waals surface area contributed by atoms with Crippen LogP contribution in [-0.4, -0.2) is 79.3 Å². The Balaban J connectivity index is 1.36. The van der Waals surface area contributed by atoms with Crippen molar-refractivity contribution in [3.63, 3.8) is 0 Å². The first-order chi connectivity index (χ1) is 20.3. The zero-order valence-corrected chi connectivity index (χ0v) is 28.0. The van der Waals surface area contributed by atoms with Gasteiger partial charge >= 0.3 is 5.97 Å². The van der Waals surface area contributed by atoms with E-state index in [1.54, 1.807) is 0 Å². The number of hydrogen-bond donors (Lipinski definition) is 6. The van der Waals surface area contributed by atoms with Crippen molar-refractivity contribution in [2.75, 3.05) is 6.61 Å². The van der Waals surface area contributed by atoms with E-state index in [-0.39, 0.29) is 33.5 Å². The van der Waals surface area contributed by atoms with E-state index in [0.717, 1.165) is 57.8 Å². The van der Waals surface area contributed by atoms with Crippen LogP contribution in [0.25, 0.3) is 0 Å². The van der Waals surface area contributed by atoms with Crippen LogP contribution in [0.4, 0.5) is 0 Å². The number of rotatable bonds is 3. The van der Waals surface area contributed by atoms with E-state index in [1.807, 2.05) is 0 Å². The molecule has 5 fully saturated rings. The van der Waals surface area contributed by atoms with Crippen molar-refractivity contribution in [3.05, 3.63) is 11.6 Å². The van der Waals surface area contributed by atoms with Crippen molar-refractivity contribution >= 4 is 5.97 Å². The maximum Gasteiger partial charge on any atom is 0.310 e. The molecule has 0 radical (unpaired) electrons. The molecule has 13 atom stereocenters. The Kier molecular flexibility index (Phi) is 7.47. The zero-order valence-electron chi connectivity index (χ0n) is 28.0. The van der Waals surface area contributed by atoms with Crippen LogP contribution in [0.15, 0.2) is 11.6 Å². The molecule has 8 nitrogen and oxygen atoms in total. The fourth-order valence-corrected chi connectivity index (χ4v) is 12.6. The number of aliphatic hydroxyl groups excluding tert-OH is 4. The summed E-state index contributed by atoms with van der Waals surface area (Å²) in [5.41, 5.74) is -1.57. The van der Waals surface area contributed by atoms with Crippen molar-refractivity contribution in [3.8, 4) is 0 Å². The number of carboxylic acid groups (broad SMARTS) is 1. The largest absolute Gasteiger partial charge is 0.481 e. The molecule has 1 heterocycles. The van der Waals surface area contributed by atoms with Crippen LogP contribution in [0.5, 0.6) is 0 Å². The summed E-state index contributed by atoms with van der Waals surface area (Å²) in [6, 6.07) is 0. The van der Waals surface area contributed by atoms with Crippen LogP contribution < -0.4 is 0 Å². The SMILES string of the molecule is CC1(C)CC[C@]2(C(=O)O)CC[C@]3(C)C(=CC[C@@H]4[C@@]5(C)CC[C@@](O)(C6O[C@H](CO)[C@@H](O)[C@H](O)[C@H]6O)C(C)(C)[C@@H]5CC[C@]43C)[C@@H]2C1. The Bertz CT molecular complexity index is 1210. The Morgan fingerprint density at radius 2 is 1.52 bits per heavy atom. The molecule has 5 aliphatic carbocycles. The lowest BCUT2D eigenvalue weighted by Crippen LogP contribution is -2.73. The van der Waals surface area contributed by atoms with E-state index in [2.05, 4.69) is 54.5 Å². The normalized spacial score (nSPS) is 54.6. The first-order valence-electron chi connectivity index (χ1n) is 17.2. The van der Waals surface area contributed by atoms with Gasteiger partial charge in [0, 0.05) is 0 Å². The third kappa shape index (κ3) is 4.00. The third-order valence-electron chi connectivity index (χ3n) is 15.7. The van der Waals surface area contributed by atoms with Crippen molar-refractivity contribution in [2.24, 2.45) is 50.2 Å². The van der Waals surface area contributed by atoms with Crippen LogP contribution in [0.3, 0.4) is 0 Å². The predicted molar refractivity (Wildman–Crippen MR) is 165 cm³/mol. The summed E-state index contributed by atoms with van der Waals surface area (Å²) in [5.74, 6) is -0.113. The van der Waals surface area contributed by atoms with Gasteiger partial charge in [-0.25, -0.2) is 0 Å². The van der Waals surface area contributed by atoms with Crippen LogP contribution in [0.1, 0.15) is 113 Å². The number of carbonyl (C=O) groups is 1. The van der Waals surface area contributed by atoms with Gasteiger partial charge in [-0.15, -0.1) is 0 Å². The molecule has 0 aromatic carbocycles. The van der Waals surface area contributed by atoms with Gasteiger partial charge in [0.25, 0.3) is 0 Å². The second-order valence-corrected chi connectivity index (χ2v) is 18.1. The molecule has 1 saturated heterocycles. The summed E-state index contributed by atoms with van der Waals surface area (Å²) in [7, 11) is 0. The Morgan fingerprint density at radius 3 is 2.16 bits per heavy atom. The Labute approximate surface area is 263 Å². The fraction of sp³-hybridized carbons (Fsp3) is 0.917. The molecule has 0 bridgehead atoms. The quantitative estimate of drug-likeness (QED) is 0.254. The molecule has 8 heteroatoms. The van der Waals surface area contributed by atoms with Crippen molar-refractivity contribution in [2.45, 2.75) is 149 Å². The Morgan fingerprint density at radius 1 is 0.864 bits per heavy atom. The zero-order chi connectivity index (χ0) is 32.5. The average molecular weight is 619 g/mol. The molecule has 4 saturated carbocycles. The van der Waals surface area contributed by atoms with E-state index >= 15 is 0 Å². The van der Waals surface area contributed by atoms with E-state index in [9.17, 15) is 35.4 Å². The van der Waals surface area contributed by atoms with Gasteiger partial charge in [0.2, 0.25) is 0 Å². The number of hydrogen-bond acceptors (Lipinski definition) is 7. The fourth-order valence-electron chi connectivity index (χ4n) is 12.6. The molecular weight excluding hydrogens is 560 g/mol. The Hall–Kier alpha value is -1.03. The lowest BCUT2D eigenvalue weighted by atomic mass is 9.32. The maximum atomic E-state index is 12.9. The number of allylic oxidation sites excluding steroid dienone is 2. The molecule has 6 aliphatic rings. The summed E-state index contributed by atoms with van der Waals surface area (Å²) in [4.78, 5) is 12.9. The highest BCUT2D eigenvalue weighted by Crippen LogP contribution is 2.76.